The molecule has 0 radical (unpaired) electrons. The molecule has 14 atom stereocenters. The molecule has 5 aliphatic heterocycles. The lowest BCUT2D eigenvalue weighted by atomic mass is 9.57. The molecule has 6 aliphatic rings. The molecule has 0 N–H and O–H groups in total. The number of hydrogen-bond donors (Lipinski definition) is 0. The monoisotopic (exact) mass is 1140 g/mol. The first kappa shape index (κ1) is 64.0. The van der Waals surface area contributed by atoms with E-state index in [4.69, 9.17) is 47.1 Å². The largest absolute Gasteiger partial charge is 0.406 e. The molecular weight excluding hydrogens is 1030 g/mol. The summed E-state index contributed by atoms with van der Waals surface area (Å²) in [5.74, 6) is -2.59. The van der Waals surface area contributed by atoms with Crippen LogP contribution in [-0.4, -0.2) is 116 Å². The number of methoxy groups -OCH3 is 1. The maximum atomic E-state index is 16.0. The van der Waals surface area contributed by atoms with Crippen LogP contribution in [0.4, 0.5) is 0 Å². The van der Waals surface area contributed by atoms with Crippen molar-refractivity contribution in [3.05, 3.63) is 70.1 Å². The Labute approximate surface area is 476 Å². The first-order chi connectivity index (χ1) is 37.7. The van der Waals surface area contributed by atoms with Gasteiger partial charge in [0.15, 0.2) is 26.2 Å². The number of fused-ring (bicyclic) bond motifs is 6. The summed E-state index contributed by atoms with van der Waals surface area (Å²) in [4.78, 5) is 34.0. The summed E-state index contributed by atoms with van der Waals surface area (Å²) in [5, 5.41) is 4.01. The van der Waals surface area contributed by atoms with E-state index in [-0.39, 0.29) is 68.0 Å². The summed E-state index contributed by atoms with van der Waals surface area (Å²) in [5.41, 5.74) is 10.7. The molecule has 0 amide bonds. The van der Waals surface area contributed by atoms with Crippen molar-refractivity contribution in [2.45, 2.75) is 249 Å². The number of nitrogens with zero attached hydrogens (tertiary/aromatic N) is 3. The quantitative estimate of drug-likeness (QED) is 0.0217. The smallest absolute Gasteiger partial charge is 0.199 e. The van der Waals surface area contributed by atoms with Gasteiger partial charge in [0, 0.05) is 88.7 Å². The number of Topliss-reactive ketones (excluding diaryl/α,β-unsaturated/α-hetero) is 2. The fraction of sp³-hybridized carbons (Fsp3) is 0.806. The van der Waals surface area contributed by atoms with Gasteiger partial charge in [-0.25, -0.2) is 0 Å². The van der Waals surface area contributed by atoms with E-state index in [1.807, 2.05) is 30.3 Å². The summed E-state index contributed by atoms with van der Waals surface area (Å²) < 4.78 is 68.8. The van der Waals surface area contributed by atoms with Crippen molar-refractivity contribution < 1.29 is 56.6 Å². The van der Waals surface area contributed by atoms with Gasteiger partial charge >= 0.3 is 0 Å². The van der Waals surface area contributed by atoms with E-state index in [0.29, 0.717) is 77.5 Å². The number of benzene rings is 1. The third kappa shape index (κ3) is 15.8. The Hall–Kier alpha value is -2.62. The van der Waals surface area contributed by atoms with Gasteiger partial charge in [-0.1, -0.05) is 115 Å². The standard InChI is InChI=1S/C62H101N3O12Si2/c1-13-79(14-2,15-3)77-59(8)29-27-52-35-44(4)21-19-25-54(67)60(39-46(6)47(7)40-64-65-63)30-26-48(41-70-42-68-9)37-53(60)56-57(71-43-69-33-34-78(10,11)12)55(72-58(73-56)49-22-17-16-18-23-49)45(5)36-50(66)38-51-24-20-28-61(74-51)31-32-62(59,75-52)76-61/h16-18,22-23,37,45-47,51-53,55-58H,4,13-15,19-21,24-36,38-43H2,1-3,5-12H3/t45-,46+,47+,51-,52+,53-,55-,56+,57-,58-,59-,60-,61-,62-/m1/s1. The zero-order valence-electron chi connectivity index (χ0n) is 50.4. The lowest BCUT2D eigenvalue weighted by molar-refractivity contribution is -0.397. The number of rotatable bonds is 21. The normalized spacial score (nSPS) is 35.0. The number of hydrogen-bond acceptors (Lipinski definition) is 13. The van der Waals surface area contributed by atoms with Crippen molar-refractivity contribution >= 4 is 28.0 Å². The second-order valence-corrected chi connectivity index (χ2v) is 36.5. The molecule has 7 rings (SSSR count). The minimum absolute atomic E-state index is 0.0127. The predicted octanol–water partition coefficient (Wildman–Crippen LogP) is 14.5. The molecule has 0 aromatic heterocycles. The van der Waals surface area contributed by atoms with E-state index in [2.05, 4.69) is 90.8 Å². The molecular formula is C62H101N3O12Si2. The Bertz CT molecular complexity index is 2230. The van der Waals surface area contributed by atoms with Crippen molar-refractivity contribution in [1.29, 1.82) is 0 Å². The molecule has 0 unspecified atom stereocenters. The minimum Gasteiger partial charge on any atom is -0.406 e. The molecule has 15 nitrogen and oxygen atoms in total. The first-order valence-electron chi connectivity index (χ1n) is 30.5. The second-order valence-electron chi connectivity index (χ2n) is 26.2. The van der Waals surface area contributed by atoms with E-state index >= 15 is 4.79 Å². The molecule has 2 spiro atoms. The zero-order valence-corrected chi connectivity index (χ0v) is 52.4. The van der Waals surface area contributed by atoms with Gasteiger partial charge in [0.1, 0.15) is 36.9 Å². The van der Waals surface area contributed by atoms with E-state index in [9.17, 15) is 10.3 Å². The third-order valence-electron chi connectivity index (χ3n) is 19.2. The van der Waals surface area contributed by atoms with E-state index in [1.54, 1.807) is 7.11 Å². The van der Waals surface area contributed by atoms with Gasteiger partial charge in [-0.2, -0.15) is 0 Å². The lowest BCUT2D eigenvalue weighted by Gasteiger charge is -2.55. The predicted molar refractivity (Wildman–Crippen MR) is 312 cm³/mol. The molecule has 5 saturated heterocycles. The Morgan fingerprint density at radius 2 is 1.58 bits per heavy atom. The van der Waals surface area contributed by atoms with Crippen molar-refractivity contribution in [3.8, 4) is 0 Å². The van der Waals surface area contributed by atoms with E-state index < -0.39 is 69.5 Å². The highest BCUT2D eigenvalue weighted by Crippen LogP contribution is 2.57. The third-order valence-corrected chi connectivity index (χ3v) is 25.7. The maximum Gasteiger partial charge on any atom is 0.199 e. The second kappa shape index (κ2) is 28.3. The topological polar surface area (TPSA) is 175 Å². The zero-order chi connectivity index (χ0) is 57.1. The highest BCUT2D eigenvalue weighted by atomic mass is 28.4. The van der Waals surface area contributed by atoms with Gasteiger partial charge in [0.2, 0.25) is 0 Å². The van der Waals surface area contributed by atoms with Gasteiger partial charge in [-0.05, 0) is 124 Å². The molecule has 5 heterocycles. The molecule has 1 aromatic rings. The van der Waals surface area contributed by atoms with Gasteiger partial charge in [0.25, 0.3) is 0 Å². The average Bonchev–Trinajstić information content (AvgIpc) is 4.04. The van der Waals surface area contributed by atoms with Crippen LogP contribution in [-0.2, 0) is 56.6 Å². The Kier molecular flexibility index (Phi) is 22.9. The summed E-state index contributed by atoms with van der Waals surface area (Å²) in [6, 6.07) is 13.9. The van der Waals surface area contributed by atoms with Crippen LogP contribution in [0.3, 0.4) is 0 Å². The average molecular weight is 1140 g/mol. The van der Waals surface area contributed by atoms with E-state index in [0.717, 1.165) is 73.0 Å². The van der Waals surface area contributed by atoms with E-state index in [1.165, 1.54) is 0 Å². The fourth-order valence-electron chi connectivity index (χ4n) is 14.0. The van der Waals surface area contributed by atoms with Crippen molar-refractivity contribution in [2.24, 2.45) is 34.2 Å². The van der Waals surface area contributed by atoms with Gasteiger partial charge in [0.05, 0.1) is 31.0 Å². The van der Waals surface area contributed by atoms with Crippen LogP contribution in [0.5, 0.6) is 0 Å². The van der Waals surface area contributed by atoms with Crippen molar-refractivity contribution in [3.63, 3.8) is 0 Å². The summed E-state index contributed by atoms with van der Waals surface area (Å²) in [7, 11) is -1.97. The number of carbonyl (C=O) groups excluding carboxylic acids is 2. The Morgan fingerprint density at radius 1 is 0.848 bits per heavy atom. The van der Waals surface area contributed by atoms with Gasteiger partial charge in [-0.15, -0.1) is 0 Å². The lowest BCUT2D eigenvalue weighted by Crippen LogP contribution is -2.65. The molecule has 17 heteroatoms. The summed E-state index contributed by atoms with van der Waals surface area (Å²) in [6.45, 7) is 28.3. The number of ether oxygens (including phenoxy) is 9. The molecule has 444 valence electrons. The highest BCUT2D eigenvalue weighted by molar-refractivity contribution is 6.76. The van der Waals surface area contributed by atoms with Crippen molar-refractivity contribution in [1.82, 2.24) is 0 Å². The maximum absolute atomic E-state index is 16.0. The number of carbonyl (C=O) groups is 2. The SMILES string of the molecule is C=C1CCCC(=O)[C@@]2(C[C@H](C)[C@@H](C)CN=[N+]=[N-])CCC(COCOC)=C[C@@H]2[C@@H]2O[C@H](c3ccccc3)O[C@@H]([C@H]2OCOCC[Si](C)(C)C)[C@H](C)CC(=O)C[C@H]2CCC[C@@]3(CC[C@@]4(O[C@@H](CC[C@@]4(C)O[Si](CC)(CC)CC)C1)O3)O2. The summed E-state index contributed by atoms with van der Waals surface area (Å²) >= 11 is 0. The fourth-order valence-corrected chi connectivity index (χ4v) is 17.9. The van der Waals surface area contributed by atoms with Crippen LogP contribution in [0, 0.1) is 29.1 Å². The van der Waals surface area contributed by atoms with Crippen LogP contribution in [0.2, 0.25) is 43.8 Å². The first-order valence-corrected chi connectivity index (χ1v) is 36.7. The minimum atomic E-state index is -2.14. The molecule has 5 fully saturated rings. The van der Waals surface area contributed by atoms with Crippen molar-refractivity contribution in [2.75, 3.05) is 40.5 Å². The van der Waals surface area contributed by atoms with Crippen LogP contribution in [0.25, 0.3) is 10.4 Å². The summed E-state index contributed by atoms with van der Waals surface area (Å²) in [6.07, 6.45) is 8.38. The van der Waals surface area contributed by atoms with Gasteiger partial charge in [-0.3, -0.25) is 9.59 Å². The Morgan fingerprint density at radius 3 is 2.29 bits per heavy atom. The van der Waals surface area contributed by atoms with Crippen LogP contribution in [0.1, 0.15) is 163 Å². The molecule has 6 bridgehead atoms. The van der Waals surface area contributed by atoms with Crippen LogP contribution < -0.4 is 0 Å². The number of ketones is 2. The highest BCUT2D eigenvalue weighted by Gasteiger charge is 2.65. The number of azide groups is 1. The molecule has 0 saturated carbocycles. The molecule has 1 aliphatic carbocycles. The van der Waals surface area contributed by atoms with Crippen LogP contribution >= 0.6 is 0 Å². The van der Waals surface area contributed by atoms with Crippen LogP contribution in [0.15, 0.2) is 59.2 Å². The Balaban J connectivity index is 1.33. The molecule has 1 aromatic carbocycles. The van der Waals surface area contributed by atoms with Gasteiger partial charge < -0.3 is 47.1 Å². The molecule has 79 heavy (non-hydrogen) atoms.